The Morgan fingerprint density at radius 2 is 2.00 bits per heavy atom. The van der Waals surface area contributed by atoms with Gasteiger partial charge in [0.15, 0.2) is 11.5 Å². The van der Waals surface area contributed by atoms with Crippen LogP contribution in [0.5, 0.6) is 11.5 Å². The van der Waals surface area contributed by atoms with Crippen molar-refractivity contribution in [3.8, 4) is 11.5 Å². The molecule has 12 nitrogen and oxygen atoms in total. The number of fused-ring (bicyclic) bond motifs is 3. The lowest BCUT2D eigenvalue weighted by Gasteiger charge is -2.35. The van der Waals surface area contributed by atoms with Gasteiger partial charge in [-0.3, -0.25) is 14.3 Å². The first-order valence-corrected chi connectivity index (χ1v) is 12.5. The third-order valence-electron chi connectivity index (χ3n) is 6.40. The highest BCUT2D eigenvalue weighted by atomic mass is 16.5. The van der Waals surface area contributed by atoms with Crippen molar-refractivity contribution in [1.29, 1.82) is 0 Å². The van der Waals surface area contributed by atoms with Crippen LogP contribution >= 0.6 is 0 Å². The van der Waals surface area contributed by atoms with E-state index in [-0.39, 0.29) is 29.3 Å². The molecule has 37 heavy (non-hydrogen) atoms. The van der Waals surface area contributed by atoms with Crippen LogP contribution in [0.4, 0.5) is 11.8 Å². The maximum atomic E-state index is 12.8. The maximum Gasteiger partial charge on any atom is 0.283 e. The van der Waals surface area contributed by atoms with E-state index in [1.807, 2.05) is 16.7 Å². The molecule has 0 saturated carbocycles. The number of carbonyl (C=O) groups excluding carboxylic acids is 1. The Bertz CT molecular complexity index is 1350. The predicted molar refractivity (Wildman–Crippen MR) is 138 cm³/mol. The van der Waals surface area contributed by atoms with E-state index in [1.165, 1.54) is 12.4 Å². The van der Waals surface area contributed by atoms with Crippen LogP contribution in [0.1, 0.15) is 30.6 Å². The van der Waals surface area contributed by atoms with Crippen molar-refractivity contribution in [3.05, 3.63) is 35.7 Å². The quantitative estimate of drug-likeness (QED) is 0.450. The number of morpholine rings is 1. The Kier molecular flexibility index (Phi) is 7.19. The van der Waals surface area contributed by atoms with E-state index in [9.17, 15) is 4.79 Å². The van der Waals surface area contributed by atoms with E-state index in [2.05, 4.69) is 39.0 Å². The minimum atomic E-state index is -0.508. The number of nitrogens with one attached hydrogen (secondary N) is 1. The van der Waals surface area contributed by atoms with Crippen molar-refractivity contribution in [2.24, 2.45) is 4.99 Å². The summed E-state index contributed by atoms with van der Waals surface area (Å²) in [6, 6.07) is 3.85. The Balaban J connectivity index is 1.40. The molecule has 0 aliphatic carbocycles. The van der Waals surface area contributed by atoms with Gasteiger partial charge in [-0.15, -0.1) is 0 Å². The standard InChI is InChI=1S/C25H32N8O4/c1-15-13-32(14-16(2)37-15)8-4-10-36-19-6-5-18-20(21(19)35-3)30-25(33-9-7-27-22(18)33)31-23(34)17-11-28-24(26)29-12-17/h5-6,11-12,15-16,27H,4,7-10,13-14H2,1-3H3,(H2,26,28,29)/t15-,16+. The van der Waals surface area contributed by atoms with Crippen LogP contribution in [0.2, 0.25) is 0 Å². The molecule has 4 heterocycles. The van der Waals surface area contributed by atoms with Crippen LogP contribution in [0, 0.1) is 0 Å². The highest BCUT2D eigenvalue weighted by molar-refractivity contribution is 5.96. The largest absolute Gasteiger partial charge is 0.491 e. The molecule has 2 aromatic heterocycles. The number of carbonyl (C=O) groups is 1. The number of nitrogen functional groups attached to an aromatic ring is 1. The summed E-state index contributed by atoms with van der Waals surface area (Å²) in [5, 5.41) is 4.23. The van der Waals surface area contributed by atoms with Crippen molar-refractivity contribution >= 4 is 28.6 Å². The topological polar surface area (TPSA) is 142 Å². The third kappa shape index (κ3) is 5.35. The second-order valence-electron chi connectivity index (χ2n) is 9.30. The van der Waals surface area contributed by atoms with Crippen molar-refractivity contribution in [3.63, 3.8) is 0 Å². The van der Waals surface area contributed by atoms with E-state index >= 15 is 0 Å². The van der Waals surface area contributed by atoms with Crippen LogP contribution in [0.15, 0.2) is 29.5 Å². The number of amides is 1. The number of nitrogens with zero attached hydrogens (tertiary/aromatic N) is 6. The van der Waals surface area contributed by atoms with Gasteiger partial charge >= 0.3 is 0 Å². The number of hydrogen-bond acceptors (Lipinski definition) is 10. The van der Waals surface area contributed by atoms with Crippen LogP contribution < -0.4 is 26.1 Å². The monoisotopic (exact) mass is 508 g/mol. The van der Waals surface area contributed by atoms with Gasteiger partial charge in [-0.1, -0.05) is 0 Å². The molecular formula is C25H32N8O4. The molecule has 2 aliphatic heterocycles. The minimum absolute atomic E-state index is 0.0891. The summed E-state index contributed by atoms with van der Waals surface area (Å²) in [7, 11) is 1.58. The average molecular weight is 509 g/mol. The highest BCUT2D eigenvalue weighted by Crippen LogP contribution is 2.37. The molecule has 0 bridgehead atoms. The first-order chi connectivity index (χ1) is 17.9. The van der Waals surface area contributed by atoms with Gasteiger partial charge in [0.05, 0.1) is 31.5 Å². The van der Waals surface area contributed by atoms with Gasteiger partial charge in [-0.25, -0.2) is 15.0 Å². The number of nitrogens with two attached hydrogens (primary N) is 1. The zero-order valence-corrected chi connectivity index (χ0v) is 21.3. The molecule has 196 valence electrons. The minimum Gasteiger partial charge on any atom is -0.491 e. The van der Waals surface area contributed by atoms with Crippen LogP contribution in [-0.4, -0.2) is 82.4 Å². The number of ether oxygens (including phenoxy) is 3. The SMILES string of the molecule is COc1c(OCCCN2C[C@@H](C)O[C@@H](C)C2)ccc2c3n(c(=NC(=O)c4cnc(N)nc4)nc12)CCN3. The van der Waals surface area contributed by atoms with Gasteiger partial charge < -0.3 is 25.3 Å². The highest BCUT2D eigenvalue weighted by Gasteiger charge is 2.23. The fraction of sp³-hybridized carbons (Fsp3) is 0.480. The molecule has 0 spiro atoms. The lowest BCUT2D eigenvalue weighted by atomic mass is 10.2. The van der Waals surface area contributed by atoms with Crippen molar-refractivity contribution < 1.29 is 19.0 Å². The summed E-state index contributed by atoms with van der Waals surface area (Å²) in [5.74, 6) is 1.50. The van der Waals surface area contributed by atoms with Crippen LogP contribution in [0.3, 0.4) is 0 Å². The Hall–Kier alpha value is -3.77. The molecule has 3 aromatic rings. The van der Waals surface area contributed by atoms with E-state index in [4.69, 9.17) is 24.9 Å². The predicted octanol–water partition coefficient (Wildman–Crippen LogP) is 1.46. The summed E-state index contributed by atoms with van der Waals surface area (Å²) in [6.45, 7) is 8.85. The Morgan fingerprint density at radius 1 is 1.24 bits per heavy atom. The van der Waals surface area contributed by atoms with Crippen molar-refractivity contribution in [1.82, 2.24) is 24.4 Å². The molecule has 1 amide bonds. The summed E-state index contributed by atoms with van der Waals surface area (Å²) in [5.41, 5.74) is 6.59. The number of benzene rings is 1. The smallest absolute Gasteiger partial charge is 0.283 e. The second-order valence-corrected chi connectivity index (χ2v) is 9.30. The lowest BCUT2D eigenvalue weighted by Crippen LogP contribution is -2.45. The third-order valence-corrected chi connectivity index (χ3v) is 6.40. The molecule has 3 N–H and O–H groups in total. The van der Waals surface area contributed by atoms with Gasteiger partial charge in [0.1, 0.15) is 11.3 Å². The molecule has 0 radical (unpaired) electrons. The molecule has 1 saturated heterocycles. The first-order valence-electron chi connectivity index (χ1n) is 12.5. The second kappa shape index (κ2) is 10.7. The number of aromatic nitrogens is 4. The van der Waals surface area contributed by atoms with E-state index in [1.54, 1.807) is 7.11 Å². The van der Waals surface area contributed by atoms with Gasteiger partial charge in [0.2, 0.25) is 11.6 Å². The van der Waals surface area contributed by atoms with Crippen LogP contribution in [0.25, 0.3) is 10.9 Å². The molecular weight excluding hydrogens is 476 g/mol. The average Bonchev–Trinajstić information content (AvgIpc) is 3.37. The maximum absolute atomic E-state index is 12.8. The molecule has 1 fully saturated rings. The first kappa shape index (κ1) is 24.9. The number of rotatable bonds is 7. The Morgan fingerprint density at radius 3 is 2.73 bits per heavy atom. The van der Waals surface area contributed by atoms with Gasteiger partial charge in [0.25, 0.3) is 5.91 Å². The van der Waals surface area contributed by atoms with Gasteiger partial charge in [-0.05, 0) is 32.4 Å². The van der Waals surface area contributed by atoms with E-state index in [0.717, 1.165) is 37.3 Å². The number of anilines is 2. The van der Waals surface area contributed by atoms with Crippen LogP contribution in [-0.2, 0) is 11.3 Å². The van der Waals surface area contributed by atoms with Gasteiger partial charge in [0, 0.05) is 50.5 Å². The molecule has 2 aliphatic rings. The van der Waals surface area contributed by atoms with E-state index in [0.29, 0.717) is 36.7 Å². The van der Waals surface area contributed by atoms with Crippen molar-refractivity contribution in [2.45, 2.75) is 39.0 Å². The normalized spacial score (nSPS) is 20.0. The zero-order valence-electron chi connectivity index (χ0n) is 21.3. The molecule has 1 aromatic carbocycles. The molecule has 12 heteroatoms. The molecule has 0 unspecified atom stereocenters. The fourth-order valence-corrected chi connectivity index (χ4v) is 4.89. The fourth-order valence-electron chi connectivity index (χ4n) is 4.89. The van der Waals surface area contributed by atoms with Crippen molar-refractivity contribution in [2.75, 3.05) is 50.9 Å². The lowest BCUT2D eigenvalue weighted by molar-refractivity contribution is -0.0686. The summed E-state index contributed by atoms with van der Waals surface area (Å²) < 4.78 is 19.6. The summed E-state index contributed by atoms with van der Waals surface area (Å²) >= 11 is 0. The van der Waals surface area contributed by atoms with E-state index < -0.39 is 5.91 Å². The van der Waals surface area contributed by atoms with Gasteiger partial charge in [-0.2, -0.15) is 4.99 Å². The Labute approximate surface area is 214 Å². The molecule has 5 rings (SSSR count). The zero-order chi connectivity index (χ0) is 25.9. The number of hydrogen-bond donors (Lipinski definition) is 2. The summed E-state index contributed by atoms with van der Waals surface area (Å²) in [4.78, 5) is 31.9. The summed E-state index contributed by atoms with van der Waals surface area (Å²) in [6.07, 6.45) is 4.05. The molecule has 2 atom stereocenters. The number of methoxy groups -OCH3 is 1.